The Hall–Kier alpha value is -2.79. The van der Waals surface area contributed by atoms with Gasteiger partial charge in [-0.05, 0) is 18.2 Å². The minimum Gasteiger partial charge on any atom is -0.480 e. The minimum atomic E-state index is -1.35. The number of hydrogen-bond donors (Lipinski definition) is 3. The highest BCUT2D eigenvalue weighted by atomic mass is 35.5. The predicted molar refractivity (Wildman–Crippen MR) is 72.0 cm³/mol. The number of halogens is 1. The van der Waals surface area contributed by atoms with E-state index in [1.54, 1.807) is 0 Å². The van der Waals surface area contributed by atoms with Crippen LogP contribution in [-0.2, 0) is 9.59 Å². The van der Waals surface area contributed by atoms with Gasteiger partial charge in [0.25, 0.3) is 0 Å². The Labute approximate surface area is 124 Å². The number of amides is 2. The van der Waals surface area contributed by atoms with E-state index >= 15 is 0 Å². The van der Waals surface area contributed by atoms with Crippen LogP contribution in [0.5, 0.6) is 0 Å². The number of carbonyl (C=O) groups is 3. The highest BCUT2D eigenvalue weighted by molar-refractivity contribution is 6.33. The molecule has 0 spiro atoms. The monoisotopic (exact) mass is 311 g/mol. The molecule has 0 heterocycles. The molecule has 0 saturated heterocycles. The summed E-state index contributed by atoms with van der Waals surface area (Å²) in [5.41, 5.74) is 0.423. The number of anilines is 1. The van der Waals surface area contributed by atoms with E-state index in [4.69, 9.17) is 27.1 Å². The number of aliphatic carboxylic acids is 2. The van der Waals surface area contributed by atoms with Crippen molar-refractivity contribution < 1.29 is 24.6 Å². The Balaban J connectivity index is 2.88. The average Bonchev–Trinajstić information content (AvgIpc) is 2.39. The second-order valence-electron chi connectivity index (χ2n) is 3.88. The molecule has 0 aliphatic rings. The maximum absolute atomic E-state index is 11.9. The molecular weight excluding hydrogens is 302 g/mol. The average molecular weight is 312 g/mol. The number of nitrogens with one attached hydrogen (secondary N) is 1. The fourth-order valence-corrected chi connectivity index (χ4v) is 1.63. The smallest absolute Gasteiger partial charge is 0.323 e. The van der Waals surface area contributed by atoms with Gasteiger partial charge >= 0.3 is 18.0 Å². The van der Waals surface area contributed by atoms with Gasteiger partial charge in [-0.15, -0.1) is 0 Å². The van der Waals surface area contributed by atoms with Crippen molar-refractivity contribution in [2.24, 2.45) is 0 Å². The van der Waals surface area contributed by atoms with Gasteiger partial charge in [0, 0.05) is 0 Å². The first kappa shape index (κ1) is 16.3. The summed E-state index contributed by atoms with van der Waals surface area (Å²) < 4.78 is 0. The normalized spacial score (nSPS) is 9.52. The Morgan fingerprint density at radius 2 is 1.81 bits per heavy atom. The molecule has 3 N–H and O–H groups in total. The highest BCUT2D eigenvalue weighted by Gasteiger charge is 2.20. The molecule has 9 heteroatoms. The molecule has 1 aromatic rings. The van der Waals surface area contributed by atoms with Crippen molar-refractivity contribution in [3.63, 3.8) is 0 Å². The van der Waals surface area contributed by atoms with E-state index in [9.17, 15) is 14.4 Å². The van der Waals surface area contributed by atoms with Gasteiger partial charge in [0.2, 0.25) is 0 Å². The van der Waals surface area contributed by atoms with E-state index in [0.29, 0.717) is 4.90 Å². The SMILES string of the molecule is N#Cc1ccc(NC(=O)N(CC(=O)O)CC(=O)O)c(Cl)c1. The van der Waals surface area contributed by atoms with Crippen LogP contribution < -0.4 is 5.32 Å². The second kappa shape index (κ2) is 7.12. The molecule has 0 aliphatic heterocycles. The maximum atomic E-state index is 11.9. The Kier molecular flexibility index (Phi) is 5.51. The number of nitriles is 1. The summed E-state index contributed by atoms with van der Waals surface area (Å²) in [7, 11) is 0. The number of carboxylic acids is 2. The number of hydrogen-bond acceptors (Lipinski definition) is 4. The van der Waals surface area contributed by atoms with Crippen molar-refractivity contribution in [1.29, 1.82) is 5.26 Å². The summed E-state index contributed by atoms with van der Waals surface area (Å²) in [5.74, 6) is -2.70. The molecule has 110 valence electrons. The van der Waals surface area contributed by atoms with Crippen LogP contribution >= 0.6 is 11.6 Å². The number of nitrogens with zero attached hydrogens (tertiary/aromatic N) is 2. The fourth-order valence-electron chi connectivity index (χ4n) is 1.41. The standard InChI is InChI=1S/C12H10ClN3O5/c13-8-3-7(4-14)1-2-9(8)15-12(21)16(5-10(17)18)6-11(19)20/h1-3H,5-6H2,(H,15,21)(H,17,18)(H,19,20). The Morgan fingerprint density at radius 3 is 2.24 bits per heavy atom. The molecule has 0 unspecified atom stereocenters. The van der Waals surface area contributed by atoms with Crippen molar-refractivity contribution in [2.75, 3.05) is 18.4 Å². The summed E-state index contributed by atoms with van der Waals surface area (Å²) >= 11 is 5.85. The van der Waals surface area contributed by atoms with Crippen LogP contribution in [0.15, 0.2) is 18.2 Å². The topological polar surface area (TPSA) is 131 Å². The first-order valence-electron chi connectivity index (χ1n) is 5.52. The van der Waals surface area contributed by atoms with Gasteiger partial charge in [-0.1, -0.05) is 11.6 Å². The number of carbonyl (C=O) groups excluding carboxylic acids is 1. The van der Waals surface area contributed by atoms with Crippen LogP contribution in [0.2, 0.25) is 5.02 Å². The zero-order valence-corrected chi connectivity index (χ0v) is 11.3. The van der Waals surface area contributed by atoms with Crippen molar-refractivity contribution in [1.82, 2.24) is 4.90 Å². The lowest BCUT2D eigenvalue weighted by molar-refractivity contribution is -0.140. The lowest BCUT2D eigenvalue weighted by atomic mass is 10.2. The zero-order valence-electron chi connectivity index (χ0n) is 10.5. The summed E-state index contributed by atoms with van der Waals surface area (Å²) in [6.45, 7) is -1.54. The van der Waals surface area contributed by atoms with Crippen LogP contribution in [0, 0.1) is 11.3 Å². The molecule has 1 rings (SSSR count). The third kappa shape index (κ3) is 5.00. The van der Waals surface area contributed by atoms with Crippen molar-refractivity contribution in [2.45, 2.75) is 0 Å². The highest BCUT2D eigenvalue weighted by Crippen LogP contribution is 2.23. The molecule has 2 amide bonds. The number of urea groups is 1. The molecule has 0 radical (unpaired) electrons. The summed E-state index contributed by atoms with van der Waals surface area (Å²) in [4.78, 5) is 33.7. The van der Waals surface area contributed by atoms with Gasteiger partial charge in [0.15, 0.2) is 0 Å². The maximum Gasteiger partial charge on any atom is 0.323 e. The van der Waals surface area contributed by atoms with Gasteiger partial charge < -0.3 is 20.4 Å². The van der Waals surface area contributed by atoms with Crippen molar-refractivity contribution in [3.05, 3.63) is 28.8 Å². The lowest BCUT2D eigenvalue weighted by Gasteiger charge is -2.19. The van der Waals surface area contributed by atoms with Crippen LogP contribution in [-0.4, -0.2) is 46.2 Å². The molecule has 8 nitrogen and oxygen atoms in total. The van der Waals surface area contributed by atoms with E-state index in [-0.39, 0.29) is 16.3 Å². The van der Waals surface area contributed by atoms with Crippen LogP contribution in [0.25, 0.3) is 0 Å². The molecule has 0 atom stereocenters. The number of benzene rings is 1. The van der Waals surface area contributed by atoms with Crippen LogP contribution in [0.4, 0.5) is 10.5 Å². The third-order valence-corrected chi connectivity index (χ3v) is 2.59. The third-order valence-electron chi connectivity index (χ3n) is 2.28. The van der Waals surface area contributed by atoms with Crippen LogP contribution in [0.1, 0.15) is 5.56 Å². The summed E-state index contributed by atoms with van der Waals surface area (Å²) in [6, 6.07) is 5.01. The number of carboxylic acid groups (broad SMARTS) is 2. The van der Waals surface area contributed by atoms with E-state index < -0.39 is 31.1 Å². The molecule has 0 aromatic heterocycles. The minimum absolute atomic E-state index is 0.0769. The van der Waals surface area contributed by atoms with Gasteiger partial charge in [-0.25, -0.2) is 4.79 Å². The fraction of sp³-hybridized carbons (Fsp3) is 0.167. The first-order valence-corrected chi connectivity index (χ1v) is 5.90. The lowest BCUT2D eigenvalue weighted by Crippen LogP contribution is -2.42. The van der Waals surface area contributed by atoms with E-state index in [2.05, 4.69) is 5.32 Å². The quantitative estimate of drug-likeness (QED) is 0.749. The predicted octanol–water partition coefficient (Wildman–Crippen LogP) is 1.21. The van der Waals surface area contributed by atoms with Crippen molar-refractivity contribution >= 4 is 35.3 Å². The first-order chi connectivity index (χ1) is 9.83. The second-order valence-corrected chi connectivity index (χ2v) is 4.29. The zero-order chi connectivity index (χ0) is 16.0. The van der Waals surface area contributed by atoms with Gasteiger partial charge in [0.1, 0.15) is 13.1 Å². The molecule has 21 heavy (non-hydrogen) atoms. The molecule has 1 aromatic carbocycles. The Morgan fingerprint density at radius 1 is 1.24 bits per heavy atom. The molecule has 0 fully saturated rings. The Bertz CT molecular complexity index is 610. The summed E-state index contributed by atoms with van der Waals surface area (Å²) in [6.07, 6.45) is 0. The molecule has 0 saturated carbocycles. The van der Waals surface area contributed by atoms with Crippen LogP contribution in [0.3, 0.4) is 0 Å². The van der Waals surface area contributed by atoms with Gasteiger partial charge in [-0.3, -0.25) is 9.59 Å². The van der Waals surface area contributed by atoms with E-state index in [1.165, 1.54) is 18.2 Å². The summed E-state index contributed by atoms with van der Waals surface area (Å²) in [5, 5.41) is 28.4. The molecule has 0 aliphatic carbocycles. The van der Waals surface area contributed by atoms with Crippen molar-refractivity contribution in [3.8, 4) is 6.07 Å². The van der Waals surface area contributed by atoms with E-state index in [0.717, 1.165) is 0 Å². The van der Waals surface area contributed by atoms with E-state index in [1.807, 2.05) is 6.07 Å². The molecule has 0 bridgehead atoms. The number of rotatable bonds is 5. The molecular formula is C12H10ClN3O5. The van der Waals surface area contributed by atoms with Gasteiger partial charge in [-0.2, -0.15) is 5.26 Å². The van der Waals surface area contributed by atoms with Gasteiger partial charge in [0.05, 0.1) is 22.3 Å². The largest absolute Gasteiger partial charge is 0.480 e.